The summed E-state index contributed by atoms with van der Waals surface area (Å²) in [6.07, 6.45) is 2.00. The van der Waals surface area contributed by atoms with Crippen molar-refractivity contribution in [1.82, 2.24) is 10.3 Å². The van der Waals surface area contributed by atoms with Gasteiger partial charge in [0.05, 0.1) is 10.6 Å². The third-order valence-electron chi connectivity index (χ3n) is 5.05. The highest BCUT2D eigenvalue weighted by Gasteiger charge is 2.47. The van der Waals surface area contributed by atoms with E-state index in [-0.39, 0.29) is 16.0 Å². The number of aromatic nitrogens is 1. The first kappa shape index (κ1) is 16.2. The smallest absolute Gasteiger partial charge is 0.255 e. The van der Waals surface area contributed by atoms with E-state index in [1.54, 1.807) is 0 Å². The number of carbonyl (C=O) groups is 1. The second-order valence-electron chi connectivity index (χ2n) is 6.73. The molecule has 1 saturated carbocycles. The Morgan fingerprint density at radius 1 is 1.24 bits per heavy atom. The summed E-state index contributed by atoms with van der Waals surface area (Å²) in [5.41, 5.74) is 3.30. The van der Waals surface area contributed by atoms with Gasteiger partial charge in [0.25, 0.3) is 5.91 Å². The normalized spacial score (nSPS) is 15.3. The van der Waals surface area contributed by atoms with Crippen LogP contribution in [-0.2, 0) is 5.41 Å². The van der Waals surface area contributed by atoms with E-state index < -0.39 is 11.7 Å². The van der Waals surface area contributed by atoms with Crippen LogP contribution in [0.5, 0.6) is 0 Å². The van der Waals surface area contributed by atoms with Gasteiger partial charge < -0.3 is 10.3 Å². The molecule has 3 aromatic rings. The second-order valence-corrected chi connectivity index (χ2v) is 7.14. The molecule has 0 bridgehead atoms. The Labute approximate surface area is 150 Å². The van der Waals surface area contributed by atoms with Crippen molar-refractivity contribution in [1.29, 1.82) is 0 Å². The molecule has 1 heterocycles. The van der Waals surface area contributed by atoms with Crippen molar-refractivity contribution in [3.63, 3.8) is 0 Å². The molecule has 3 nitrogen and oxygen atoms in total. The van der Waals surface area contributed by atoms with Gasteiger partial charge >= 0.3 is 0 Å². The van der Waals surface area contributed by atoms with E-state index in [1.807, 2.05) is 12.1 Å². The average molecular weight is 357 g/mol. The molecule has 128 valence electrons. The third kappa shape index (κ3) is 2.71. The minimum atomic E-state index is -0.599. The zero-order valence-corrected chi connectivity index (χ0v) is 14.6. The highest BCUT2D eigenvalue weighted by Crippen LogP contribution is 2.51. The Morgan fingerprint density at radius 3 is 2.72 bits per heavy atom. The number of amides is 1. The lowest BCUT2D eigenvalue weighted by atomic mass is 9.93. The predicted molar refractivity (Wildman–Crippen MR) is 97.7 cm³/mol. The molecule has 1 aliphatic carbocycles. The maximum Gasteiger partial charge on any atom is 0.255 e. The zero-order chi connectivity index (χ0) is 17.6. The summed E-state index contributed by atoms with van der Waals surface area (Å²) in [4.78, 5) is 15.9. The number of aryl methyl sites for hydroxylation is 1. The summed E-state index contributed by atoms with van der Waals surface area (Å²) in [6, 6.07) is 12.4. The molecule has 0 spiro atoms. The number of hydrogen-bond donors (Lipinski definition) is 2. The first-order valence-electron chi connectivity index (χ1n) is 8.32. The number of benzene rings is 2. The topological polar surface area (TPSA) is 44.9 Å². The number of H-pyrrole nitrogens is 1. The maximum atomic E-state index is 13.9. The minimum Gasteiger partial charge on any atom is -0.358 e. The van der Waals surface area contributed by atoms with Crippen LogP contribution in [0, 0.1) is 12.7 Å². The fourth-order valence-electron chi connectivity index (χ4n) is 3.68. The second kappa shape index (κ2) is 5.88. The Bertz CT molecular complexity index is 955. The third-order valence-corrected chi connectivity index (χ3v) is 5.37. The molecule has 4 rings (SSSR count). The van der Waals surface area contributed by atoms with Crippen LogP contribution in [0.2, 0.25) is 5.02 Å². The number of para-hydroxylation sites is 1. The number of halogens is 2. The van der Waals surface area contributed by atoms with Crippen LogP contribution in [0.25, 0.3) is 10.9 Å². The largest absolute Gasteiger partial charge is 0.358 e. The van der Waals surface area contributed by atoms with E-state index in [0.717, 1.165) is 24.1 Å². The van der Waals surface area contributed by atoms with Gasteiger partial charge in [0.2, 0.25) is 0 Å². The number of fused-ring (bicyclic) bond motifs is 1. The van der Waals surface area contributed by atoms with E-state index >= 15 is 0 Å². The molecule has 25 heavy (non-hydrogen) atoms. The van der Waals surface area contributed by atoms with Crippen molar-refractivity contribution >= 4 is 28.4 Å². The summed E-state index contributed by atoms with van der Waals surface area (Å²) < 4.78 is 13.9. The van der Waals surface area contributed by atoms with E-state index in [9.17, 15) is 9.18 Å². The van der Waals surface area contributed by atoms with Gasteiger partial charge in [-0.05, 0) is 43.5 Å². The standard InChI is InChI=1S/C20H18ClFN2O/c1-12-18(13-5-2-3-8-16(13)24-12)20(9-10-20)11-23-19(25)17-14(21)6-4-7-15(17)22/h2-8,24H,9-11H2,1H3,(H,23,25). The number of aromatic amines is 1. The van der Waals surface area contributed by atoms with Gasteiger partial charge in [0.1, 0.15) is 5.82 Å². The number of nitrogens with one attached hydrogen (secondary N) is 2. The number of hydrogen-bond acceptors (Lipinski definition) is 1. The molecule has 0 atom stereocenters. The summed E-state index contributed by atoms with van der Waals surface area (Å²) in [5, 5.41) is 4.21. The monoisotopic (exact) mass is 356 g/mol. The molecule has 1 aliphatic rings. The quantitative estimate of drug-likeness (QED) is 0.697. The highest BCUT2D eigenvalue weighted by molar-refractivity contribution is 6.33. The molecule has 1 aromatic heterocycles. The summed E-state index contributed by atoms with van der Waals surface area (Å²) in [6.45, 7) is 2.53. The first-order chi connectivity index (χ1) is 12.0. The van der Waals surface area contributed by atoms with Gasteiger partial charge in [-0.25, -0.2) is 4.39 Å². The van der Waals surface area contributed by atoms with E-state index in [1.165, 1.54) is 29.1 Å². The lowest BCUT2D eigenvalue weighted by Gasteiger charge is -2.18. The lowest BCUT2D eigenvalue weighted by Crippen LogP contribution is -2.33. The fraction of sp³-hybridized carbons (Fsp3) is 0.250. The Balaban J connectivity index is 1.60. The van der Waals surface area contributed by atoms with Crippen molar-refractivity contribution < 1.29 is 9.18 Å². The molecule has 1 amide bonds. The van der Waals surface area contributed by atoms with Crippen molar-refractivity contribution in [2.75, 3.05) is 6.54 Å². The van der Waals surface area contributed by atoms with Gasteiger partial charge in [0, 0.05) is 28.6 Å². The summed E-state index contributed by atoms with van der Waals surface area (Å²) in [5.74, 6) is -1.06. The van der Waals surface area contributed by atoms with Crippen molar-refractivity contribution in [2.45, 2.75) is 25.2 Å². The van der Waals surface area contributed by atoms with E-state index in [2.05, 4.69) is 29.4 Å². The SMILES string of the molecule is Cc1[nH]c2ccccc2c1C1(CNC(=O)c2c(F)cccc2Cl)CC1. The van der Waals surface area contributed by atoms with E-state index in [4.69, 9.17) is 11.6 Å². The Kier molecular flexibility index (Phi) is 3.80. The maximum absolute atomic E-state index is 13.9. The van der Waals surface area contributed by atoms with E-state index in [0.29, 0.717) is 6.54 Å². The van der Waals surface area contributed by atoms with Crippen LogP contribution in [0.4, 0.5) is 4.39 Å². The van der Waals surface area contributed by atoms with Crippen LogP contribution in [0.3, 0.4) is 0 Å². The predicted octanol–water partition coefficient (Wildman–Crippen LogP) is 4.73. The van der Waals surface area contributed by atoms with Crippen LogP contribution in [-0.4, -0.2) is 17.4 Å². The molecule has 0 aliphatic heterocycles. The zero-order valence-electron chi connectivity index (χ0n) is 13.8. The lowest BCUT2D eigenvalue weighted by molar-refractivity contribution is 0.0946. The van der Waals surface area contributed by atoms with Crippen LogP contribution in [0.1, 0.15) is 34.5 Å². The molecule has 0 radical (unpaired) electrons. The molecule has 2 aromatic carbocycles. The van der Waals surface area contributed by atoms with Crippen LogP contribution in [0.15, 0.2) is 42.5 Å². The highest BCUT2D eigenvalue weighted by atomic mass is 35.5. The molecular formula is C20H18ClFN2O. The number of rotatable bonds is 4. The number of carbonyl (C=O) groups excluding carboxylic acids is 1. The van der Waals surface area contributed by atoms with Crippen molar-refractivity contribution in [2.24, 2.45) is 0 Å². The molecule has 0 saturated heterocycles. The Hall–Kier alpha value is -2.33. The molecular weight excluding hydrogens is 339 g/mol. The van der Waals surface area contributed by atoms with Gasteiger partial charge in [0.15, 0.2) is 0 Å². The molecule has 0 unspecified atom stereocenters. The summed E-state index contributed by atoms with van der Waals surface area (Å²) >= 11 is 5.99. The fourth-order valence-corrected chi connectivity index (χ4v) is 3.93. The average Bonchev–Trinajstić information content (AvgIpc) is 3.28. The van der Waals surface area contributed by atoms with Gasteiger partial charge in [-0.15, -0.1) is 0 Å². The van der Waals surface area contributed by atoms with Gasteiger partial charge in [-0.2, -0.15) is 0 Å². The molecule has 2 N–H and O–H groups in total. The first-order valence-corrected chi connectivity index (χ1v) is 8.70. The minimum absolute atomic E-state index is 0.0862. The van der Waals surface area contributed by atoms with Crippen LogP contribution < -0.4 is 5.32 Å². The van der Waals surface area contributed by atoms with Crippen molar-refractivity contribution in [3.8, 4) is 0 Å². The van der Waals surface area contributed by atoms with Gasteiger partial charge in [-0.1, -0.05) is 35.9 Å². The molecule has 5 heteroatoms. The molecule has 1 fully saturated rings. The Morgan fingerprint density at radius 2 is 2.00 bits per heavy atom. The van der Waals surface area contributed by atoms with Gasteiger partial charge in [-0.3, -0.25) is 4.79 Å². The van der Waals surface area contributed by atoms with Crippen LogP contribution >= 0.6 is 11.6 Å². The van der Waals surface area contributed by atoms with Crippen molar-refractivity contribution in [3.05, 3.63) is 70.1 Å². The summed E-state index contributed by atoms with van der Waals surface area (Å²) in [7, 11) is 0.